The minimum atomic E-state index is -0.677. The van der Waals surface area contributed by atoms with Gasteiger partial charge < -0.3 is 21.9 Å². The maximum absolute atomic E-state index is 11.7. The van der Waals surface area contributed by atoms with E-state index in [1.165, 1.54) is 0 Å². The Morgan fingerprint density at radius 1 is 1.17 bits per heavy atom. The van der Waals surface area contributed by atoms with E-state index in [2.05, 4.69) is 0 Å². The summed E-state index contributed by atoms with van der Waals surface area (Å²) in [6, 6.07) is 7.91. The second kappa shape index (κ2) is 7.75. The molecule has 0 spiro atoms. The zero-order valence-electron chi connectivity index (χ0n) is 13.2. The van der Waals surface area contributed by atoms with Gasteiger partial charge in [-0.25, -0.2) is 0 Å². The van der Waals surface area contributed by atoms with E-state index in [1.807, 2.05) is 0 Å². The van der Waals surface area contributed by atoms with Gasteiger partial charge in [-0.3, -0.25) is 4.79 Å². The number of halogens is 2. The summed E-state index contributed by atoms with van der Waals surface area (Å²) in [6.45, 7) is 2.02. The van der Waals surface area contributed by atoms with Crippen LogP contribution < -0.4 is 17.2 Å². The first-order valence-electron chi connectivity index (χ1n) is 7.39. The molecule has 0 saturated carbocycles. The number of hydrogen-bond acceptors (Lipinski definition) is 5. The van der Waals surface area contributed by atoms with Crippen LogP contribution in [0.2, 0.25) is 10.0 Å². The van der Waals surface area contributed by atoms with Gasteiger partial charge in [0.05, 0.1) is 23.1 Å². The summed E-state index contributed by atoms with van der Waals surface area (Å²) < 4.78 is 4.92. The van der Waals surface area contributed by atoms with E-state index in [4.69, 9.17) is 45.1 Å². The van der Waals surface area contributed by atoms with Crippen LogP contribution in [0.4, 0.5) is 11.4 Å². The quantitative estimate of drug-likeness (QED) is 0.550. The van der Waals surface area contributed by atoms with E-state index >= 15 is 0 Å². The number of ether oxygens (including phenoxy) is 1. The first kappa shape index (κ1) is 18.4. The summed E-state index contributed by atoms with van der Waals surface area (Å²) in [5, 5.41) is 0.824. The van der Waals surface area contributed by atoms with Crippen molar-refractivity contribution in [2.45, 2.75) is 19.4 Å². The third kappa shape index (κ3) is 3.93. The second-order valence-corrected chi connectivity index (χ2v) is 6.07. The molecule has 24 heavy (non-hydrogen) atoms. The molecule has 6 N–H and O–H groups in total. The molecule has 0 aliphatic heterocycles. The number of anilines is 2. The van der Waals surface area contributed by atoms with Crippen molar-refractivity contribution in [1.29, 1.82) is 0 Å². The molecule has 0 radical (unpaired) electrons. The summed E-state index contributed by atoms with van der Waals surface area (Å²) in [4.78, 5) is 11.7. The number of nitrogens with two attached hydrogens (primary N) is 3. The minimum absolute atomic E-state index is 0.0172. The first-order valence-corrected chi connectivity index (χ1v) is 8.15. The van der Waals surface area contributed by atoms with E-state index < -0.39 is 12.0 Å². The average molecular weight is 368 g/mol. The van der Waals surface area contributed by atoms with Gasteiger partial charge in [0.2, 0.25) is 0 Å². The normalized spacial score (nSPS) is 12.0. The number of benzene rings is 2. The molecule has 0 saturated heterocycles. The monoisotopic (exact) mass is 367 g/mol. The van der Waals surface area contributed by atoms with Crippen molar-refractivity contribution in [3.63, 3.8) is 0 Å². The van der Waals surface area contributed by atoms with Crippen LogP contribution >= 0.6 is 23.2 Å². The highest BCUT2D eigenvalue weighted by Gasteiger charge is 2.21. The molecule has 0 amide bonds. The molecule has 5 nitrogen and oxygen atoms in total. The Morgan fingerprint density at radius 3 is 2.46 bits per heavy atom. The average Bonchev–Trinajstić information content (AvgIpc) is 2.48. The van der Waals surface area contributed by atoms with Crippen LogP contribution in [0.1, 0.15) is 24.9 Å². The Bertz CT molecular complexity index is 766. The van der Waals surface area contributed by atoms with Gasteiger partial charge >= 0.3 is 5.97 Å². The number of carbonyl (C=O) groups excluding carboxylic acids is 1. The zero-order valence-corrected chi connectivity index (χ0v) is 14.7. The summed E-state index contributed by atoms with van der Waals surface area (Å²) >= 11 is 12.8. The maximum Gasteiger partial charge on any atom is 0.307 e. The molecule has 0 aliphatic carbocycles. The smallest absolute Gasteiger partial charge is 0.307 e. The summed E-state index contributed by atoms with van der Waals surface area (Å²) in [7, 11) is 0. The molecule has 1 atom stereocenters. The lowest BCUT2D eigenvalue weighted by molar-refractivity contribution is -0.143. The van der Waals surface area contributed by atoms with Gasteiger partial charge in [-0.1, -0.05) is 35.3 Å². The molecular weight excluding hydrogens is 349 g/mol. The van der Waals surface area contributed by atoms with Crippen molar-refractivity contribution < 1.29 is 9.53 Å². The van der Waals surface area contributed by atoms with Gasteiger partial charge in [-0.15, -0.1) is 0 Å². The molecule has 0 aromatic heterocycles. The van der Waals surface area contributed by atoms with Crippen LogP contribution in [0.5, 0.6) is 0 Å². The molecule has 0 bridgehead atoms. The number of nitrogen functional groups attached to an aromatic ring is 2. The fraction of sp³-hybridized carbons (Fsp3) is 0.235. The van der Waals surface area contributed by atoms with E-state index in [9.17, 15) is 4.79 Å². The SMILES string of the molecule is CCOC(=O)CC(N)c1c(N)ccc(-c2ccc(N)cc2Cl)c1Cl. The molecule has 0 aliphatic rings. The Balaban J connectivity index is 2.45. The predicted octanol–water partition coefficient (Wildman–Crippen LogP) is 3.78. The Kier molecular flexibility index (Phi) is 5.94. The van der Waals surface area contributed by atoms with Gasteiger partial charge in [-0.05, 0) is 25.1 Å². The van der Waals surface area contributed by atoms with Crippen LogP contribution in [0.3, 0.4) is 0 Å². The molecule has 1 unspecified atom stereocenters. The van der Waals surface area contributed by atoms with Crippen molar-refractivity contribution in [3.05, 3.63) is 45.9 Å². The standard InChI is InChI=1S/C17H19Cl2N3O2/c1-2-24-15(23)8-14(22)16-13(21)6-5-11(17(16)19)10-4-3-9(20)7-12(10)18/h3-7,14H,2,8,20-22H2,1H3. The lowest BCUT2D eigenvalue weighted by Crippen LogP contribution is -2.19. The van der Waals surface area contributed by atoms with Gasteiger partial charge in [-0.2, -0.15) is 0 Å². The van der Waals surface area contributed by atoms with Gasteiger partial charge in [0.15, 0.2) is 0 Å². The third-order valence-corrected chi connectivity index (χ3v) is 4.28. The highest BCUT2D eigenvalue weighted by molar-refractivity contribution is 6.37. The maximum atomic E-state index is 11.7. The molecule has 2 aromatic carbocycles. The molecular formula is C17H19Cl2N3O2. The van der Waals surface area contributed by atoms with Crippen molar-refractivity contribution in [1.82, 2.24) is 0 Å². The molecule has 128 valence electrons. The highest BCUT2D eigenvalue weighted by Crippen LogP contribution is 2.40. The fourth-order valence-electron chi connectivity index (χ4n) is 2.44. The number of rotatable bonds is 5. The Hall–Kier alpha value is -1.95. The predicted molar refractivity (Wildman–Crippen MR) is 98.9 cm³/mol. The Morgan fingerprint density at radius 2 is 1.83 bits per heavy atom. The Labute approximate surface area is 150 Å². The van der Waals surface area contributed by atoms with Gasteiger partial charge in [0, 0.05) is 34.1 Å². The topological polar surface area (TPSA) is 104 Å². The van der Waals surface area contributed by atoms with E-state index in [1.54, 1.807) is 37.3 Å². The van der Waals surface area contributed by atoms with E-state index in [0.717, 1.165) is 0 Å². The van der Waals surface area contributed by atoms with E-state index in [-0.39, 0.29) is 13.0 Å². The molecule has 0 fully saturated rings. The molecule has 0 heterocycles. The third-order valence-electron chi connectivity index (χ3n) is 3.56. The molecule has 2 rings (SSSR count). The largest absolute Gasteiger partial charge is 0.466 e. The van der Waals surface area contributed by atoms with E-state index in [0.29, 0.717) is 38.1 Å². The van der Waals surface area contributed by atoms with Crippen molar-refractivity contribution in [3.8, 4) is 11.1 Å². The molecule has 7 heteroatoms. The van der Waals surface area contributed by atoms with Crippen LogP contribution in [0.15, 0.2) is 30.3 Å². The summed E-state index contributed by atoms with van der Waals surface area (Å²) in [5.74, 6) is -0.406. The van der Waals surface area contributed by atoms with Crippen molar-refractivity contribution in [2.75, 3.05) is 18.1 Å². The van der Waals surface area contributed by atoms with Gasteiger partial charge in [0.1, 0.15) is 0 Å². The van der Waals surface area contributed by atoms with Crippen molar-refractivity contribution >= 4 is 40.5 Å². The van der Waals surface area contributed by atoms with Gasteiger partial charge in [0.25, 0.3) is 0 Å². The van der Waals surface area contributed by atoms with Crippen molar-refractivity contribution in [2.24, 2.45) is 5.73 Å². The summed E-state index contributed by atoms with van der Waals surface area (Å²) in [5.41, 5.74) is 20.7. The lowest BCUT2D eigenvalue weighted by Gasteiger charge is -2.18. The number of carbonyl (C=O) groups is 1. The second-order valence-electron chi connectivity index (χ2n) is 5.28. The molecule has 2 aromatic rings. The lowest BCUT2D eigenvalue weighted by atomic mass is 9.96. The van der Waals surface area contributed by atoms with Crippen LogP contribution in [0.25, 0.3) is 11.1 Å². The minimum Gasteiger partial charge on any atom is -0.466 e. The highest BCUT2D eigenvalue weighted by atomic mass is 35.5. The first-order chi connectivity index (χ1) is 11.3. The van der Waals surface area contributed by atoms with Crippen LogP contribution in [-0.4, -0.2) is 12.6 Å². The fourth-order valence-corrected chi connectivity index (χ4v) is 3.15. The van der Waals surface area contributed by atoms with Crippen LogP contribution in [0, 0.1) is 0 Å². The number of hydrogen-bond donors (Lipinski definition) is 3. The number of esters is 1. The summed E-state index contributed by atoms with van der Waals surface area (Å²) in [6.07, 6.45) is -0.0172. The zero-order chi connectivity index (χ0) is 17.9. The van der Waals surface area contributed by atoms with Crippen LogP contribution in [-0.2, 0) is 9.53 Å².